The Morgan fingerprint density at radius 3 is 2.30 bits per heavy atom. The van der Waals surface area contributed by atoms with Crippen molar-refractivity contribution in [2.75, 3.05) is 32.4 Å². The van der Waals surface area contributed by atoms with E-state index in [1.807, 2.05) is 27.7 Å². The van der Waals surface area contributed by atoms with Crippen LogP contribution in [-0.4, -0.2) is 69.9 Å². The molecule has 8 heteroatoms. The van der Waals surface area contributed by atoms with Crippen LogP contribution in [0.4, 0.5) is 0 Å². The van der Waals surface area contributed by atoms with E-state index in [9.17, 15) is 13.2 Å². The molecule has 2 N–H and O–H groups in total. The molecule has 23 heavy (non-hydrogen) atoms. The quantitative estimate of drug-likeness (QED) is 0.652. The SMILES string of the molecule is CC(C)C[C@H](NS(C)(=O)=O)C(=O)NCCN1C[C@@H](C)O[C@@H](C)C1. The highest BCUT2D eigenvalue weighted by Crippen LogP contribution is 2.10. The Bertz CT molecular complexity index is 471. The number of morpholine rings is 1. The van der Waals surface area contributed by atoms with E-state index in [1.165, 1.54) is 0 Å². The third kappa shape index (κ3) is 8.64. The minimum absolute atomic E-state index is 0.190. The van der Waals surface area contributed by atoms with E-state index >= 15 is 0 Å². The van der Waals surface area contributed by atoms with Gasteiger partial charge in [-0.1, -0.05) is 13.8 Å². The number of amides is 1. The Labute approximate surface area is 140 Å². The van der Waals surface area contributed by atoms with Crippen LogP contribution < -0.4 is 10.0 Å². The normalized spacial score (nSPS) is 24.6. The van der Waals surface area contributed by atoms with E-state index < -0.39 is 16.1 Å². The first-order valence-corrected chi connectivity index (χ1v) is 10.1. The van der Waals surface area contributed by atoms with Gasteiger partial charge in [-0.15, -0.1) is 0 Å². The molecule has 0 unspecified atom stereocenters. The van der Waals surface area contributed by atoms with Gasteiger partial charge in [-0.05, 0) is 26.2 Å². The fourth-order valence-electron chi connectivity index (χ4n) is 2.87. The predicted molar refractivity (Wildman–Crippen MR) is 90.7 cm³/mol. The molecule has 0 aliphatic carbocycles. The summed E-state index contributed by atoms with van der Waals surface area (Å²) in [5.74, 6) is -0.0422. The number of hydrogen-bond donors (Lipinski definition) is 2. The van der Waals surface area contributed by atoms with Gasteiger partial charge in [0.1, 0.15) is 6.04 Å². The van der Waals surface area contributed by atoms with Crippen LogP contribution >= 0.6 is 0 Å². The van der Waals surface area contributed by atoms with Crippen molar-refractivity contribution >= 4 is 15.9 Å². The molecule has 1 saturated heterocycles. The highest BCUT2D eigenvalue weighted by atomic mass is 32.2. The Balaban J connectivity index is 2.45. The summed E-state index contributed by atoms with van der Waals surface area (Å²) < 4.78 is 30.9. The second kappa shape index (κ2) is 8.96. The third-order valence-corrected chi connectivity index (χ3v) is 4.32. The van der Waals surface area contributed by atoms with Gasteiger partial charge < -0.3 is 10.1 Å². The van der Waals surface area contributed by atoms with Gasteiger partial charge in [-0.25, -0.2) is 13.1 Å². The van der Waals surface area contributed by atoms with Crippen LogP contribution in [0.15, 0.2) is 0 Å². The van der Waals surface area contributed by atoms with Crippen LogP contribution in [0.25, 0.3) is 0 Å². The molecule has 0 aromatic carbocycles. The standard InChI is InChI=1S/C15H31N3O4S/c1-11(2)8-14(17-23(5,20)21)15(19)16-6-7-18-9-12(3)22-13(4)10-18/h11-14,17H,6-10H2,1-5H3,(H,16,19)/t12-,13+,14-/m0/s1. The predicted octanol–water partition coefficient (Wildman–Crippen LogP) is 0.176. The van der Waals surface area contributed by atoms with Gasteiger partial charge in [-0.2, -0.15) is 0 Å². The van der Waals surface area contributed by atoms with E-state index in [-0.39, 0.29) is 24.0 Å². The lowest BCUT2D eigenvalue weighted by Crippen LogP contribution is -2.51. The van der Waals surface area contributed by atoms with Crippen molar-refractivity contribution in [1.29, 1.82) is 0 Å². The Hall–Kier alpha value is -0.700. The number of nitrogens with one attached hydrogen (secondary N) is 2. The van der Waals surface area contributed by atoms with Crippen molar-refractivity contribution in [2.45, 2.75) is 52.4 Å². The number of rotatable bonds is 8. The topological polar surface area (TPSA) is 87.7 Å². The monoisotopic (exact) mass is 349 g/mol. The molecular formula is C15H31N3O4S. The smallest absolute Gasteiger partial charge is 0.238 e. The van der Waals surface area contributed by atoms with Gasteiger partial charge in [0.2, 0.25) is 15.9 Å². The van der Waals surface area contributed by atoms with Crippen LogP contribution in [0.5, 0.6) is 0 Å². The zero-order valence-corrected chi connectivity index (χ0v) is 15.6. The van der Waals surface area contributed by atoms with Crippen molar-refractivity contribution in [1.82, 2.24) is 14.9 Å². The molecule has 0 aromatic rings. The van der Waals surface area contributed by atoms with Crippen LogP contribution in [-0.2, 0) is 19.6 Å². The van der Waals surface area contributed by atoms with E-state index in [2.05, 4.69) is 14.9 Å². The highest BCUT2D eigenvalue weighted by Gasteiger charge is 2.24. The highest BCUT2D eigenvalue weighted by molar-refractivity contribution is 7.88. The minimum atomic E-state index is -3.41. The summed E-state index contributed by atoms with van der Waals surface area (Å²) in [6.45, 7) is 10.9. The van der Waals surface area contributed by atoms with E-state index in [1.54, 1.807) is 0 Å². The zero-order chi connectivity index (χ0) is 17.6. The largest absolute Gasteiger partial charge is 0.373 e. The lowest BCUT2D eigenvalue weighted by atomic mass is 10.0. The number of ether oxygens (including phenoxy) is 1. The zero-order valence-electron chi connectivity index (χ0n) is 14.8. The van der Waals surface area contributed by atoms with Gasteiger partial charge in [0.05, 0.1) is 18.5 Å². The second-order valence-electron chi connectivity index (χ2n) is 6.88. The first-order chi connectivity index (χ1) is 10.6. The fourth-order valence-corrected chi connectivity index (χ4v) is 3.59. The lowest BCUT2D eigenvalue weighted by molar-refractivity contribution is -0.123. The number of nitrogens with zero attached hydrogens (tertiary/aromatic N) is 1. The van der Waals surface area contributed by atoms with Crippen LogP contribution in [0, 0.1) is 5.92 Å². The number of carbonyl (C=O) groups is 1. The van der Waals surface area contributed by atoms with E-state index in [0.29, 0.717) is 13.0 Å². The molecule has 1 aliphatic heterocycles. The number of hydrogen-bond acceptors (Lipinski definition) is 5. The van der Waals surface area contributed by atoms with Gasteiger partial charge >= 0.3 is 0 Å². The lowest BCUT2D eigenvalue weighted by Gasteiger charge is -2.35. The molecule has 1 rings (SSSR count). The van der Waals surface area contributed by atoms with Crippen molar-refractivity contribution in [3.8, 4) is 0 Å². The fraction of sp³-hybridized carbons (Fsp3) is 0.933. The maximum absolute atomic E-state index is 12.2. The average Bonchev–Trinajstić information content (AvgIpc) is 2.34. The average molecular weight is 349 g/mol. The molecule has 1 fully saturated rings. The molecule has 0 saturated carbocycles. The molecule has 0 radical (unpaired) electrons. The van der Waals surface area contributed by atoms with Crippen LogP contribution in [0.1, 0.15) is 34.1 Å². The third-order valence-electron chi connectivity index (χ3n) is 3.60. The molecule has 0 aromatic heterocycles. The second-order valence-corrected chi connectivity index (χ2v) is 8.66. The minimum Gasteiger partial charge on any atom is -0.373 e. The van der Waals surface area contributed by atoms with Crippen molar-refractivity contribution in [3.05, 3.63) is 0 Å². The maximum atomic E-state index is 12.2. The molecule has 1 heterocycles. The molecule has 3 atom stereocenters. The summed E-state index contributed by atoms with van der Waals surface area (Å²) in [5.41, 5.74) is 0. The Kier molecular flexibility index (Phi) is 7.93. The van der Waals surface area contributed by atoms with Gasteiger partial charge in [-0.3, -0.25) is 9.69 Å². The first-order valence-electron chi connectivity index (χ1n) is 8.19. The van der Waals surface area contributed by atoms with Crippen molar-refractivity contribution in [3.63, 3.8) is 0 Å². The maximum Gasteiger partial charge on any atom is 0.238 e. The molecule has 0 spiro atoms. The summed E-state index contributed by atoms with van der Waals surface area (Å²) in [4.78, 5) is 14.5. The van der Waals surface area contributed by atoms with Crippen LogP contribution in [0.3, 0.4) is 0 Å². The van der Waals surface area contributed by atoms with E-state index in [0.717, 1.165) is 25.9 Å². The molecule has 0 bridgehead atoms. The van der Waals surface area contributed by atoms with Crippen molar-refractivity contribution < 1.29 is 17.9 Å². The molecule has 136 valence electrons. The summed E-state index contributed by atoms with van der Waals surface area (Å²) in [6, 6.07) is -0.715. The van der Waals surface area contributed by atoms with Crippen LogP contribution in [0.2, 0.25) is 0 Å². The molecule has 1 aliphatic rings. The summed E-state index contributed by atoms with van der Waals surface area (Å²) in [5, 5.41) is 2.84. The van der Waals surface area contributed by atoms with E-state index in [4.69, 9.17) is 4.74 Å². The summed E-state index contributed by atoms with van der Waals surface area (Å²) in [6.07, 6.45) is 1.93. The van der Waals surface area contributed by atoms with Gasteiger partial charge in [0.15, 0.2) is 0 Å². The molecular weight excluding hydrogens is 318 g/mol. The molecule has 1 amide bonds. The Morgan fingerprint density at radius 1 is 1.26 bits per heavy atom. The summed E-state index contributed by atoms with van der Waals surface area (Å²) in [7, 11) is -3.41. The van der Waals surface area contributed by atoms with Gasteiger partial charge in [0, 0.05) is 26.2 Å². The summed E-state index contributed by atoms with van der Waals surface area (Å²) >= 11 is 0. The van der Waals surface area contributed by atoms with Gasteiger partial charge in [0.25, 0.3) is 0 Å². The Morgan fingerprint density at radius 2 is 1.83 bits per heavy atom. The number of sulfonamides is 1. The molecule has 7 nitrogen and oxygen atoms in total. The first kappa shape index (κ1) is 20.3. The number of carbonyl (C=O) groups excluding carboxylic acids is 1. The van der Waals surface area contributed by atoms with Crippen molar-refractivity contribution in [2.24, 2.45) is 5.92 Å².